The minimum Gasteiger partial charge on any atom is -0.465 e. The van der Waals surface area contributed by atoms with E-state index in [1.165, 1.54) is 0 Å². The summed E-state index contributed by atoms with van der Waals surface area (Å²) in [5.74, 6) is -0.291. The molecule has 1 heterocycles. The topological polar surface area (TPSA) is 70.1 Å². The maximum absolute atomic E-state index is 11.4. The Hall–Kier alpha value is -2.30. The van der Waals surface area contributed by atoms with Crippen LogP contribution < -0.4 is 5.73 Å². The second-order valence-corrected chi connectivity index (χ2v) is 4.30. The third-order valence-corrected chi connectivity index (χ3v) is 2.84. The first-order valence-electron chi connectivity index (χ1n) is 6.14. The van der Waals surface area contributed by atoms with Gasteiger partial charge >= 0.3 is 5.97 Å². The third kappa shape index (κ3) is 3.13. The van der Waals surface area contributed by atoms with Gasteiger partial charge in [0.2, 0.25) is 0 Å². The van der Waals surface area contributed by atoms with Gasteiger partial charge in [0, 0.05) is 17.4 Å². The first-order chi connectivity index (χ1) is 9.10. The highest BCUT2D eigenvalue weighted by Gasteiger charge is 2.07. The highest BCUT2D eigenvalue weighted by atomic mass is 16.5. The summed E-state index contributed by atoms with van der Waals surface area (Å²) in [6.45, 7) is 4.24. The number of aryl methyl sites for hydroxylation is 1. The Morgan fingerprint density at radius 2 is 2.21 bits per heavy atom. The molecule has 0 aliphatic heterocycles. The van der Waals surface area contributed by atoms with Crippen molar-refractivity contribution in [3.05, 3.63) is 36.2 Å². The standard InChI is InChI=1S/C14H17N3O2/c1-3-19-14(18)9-17-8-12(7-16-17)11-5-4-10(2)13(15)6-11/h4-8H,3,9,15H2,1-2H3. The lowest BCUT2D eigenvalue weighted by atomic mass is 10.1. The van der Waals surface area contributed by atoms with E-state index < -0.39 is 0 Å². The lowest BCUT2D eigenvalue weighted by Gasteiger charge is -2.03. The monoisotopic (exact) mass is 259 g/mol. The van der Waals surface area contributed by atoms with E-state index in [2.05, 4.69) is 5.10 Å². The zero-order valence-electron chi connectivity index (χ0n) is 11.1. The zero-order valence-corrected chi connectivity index (χ0v) is 11.1. The van der Waals surface area contributed by atoms with Crippen molar-refractivity contribution in [2.45, 2.75) is 20.4 Å². The largest absolute Gasteiger partial charge is 0.465 e. The zero-order chi connectivity index (χ0) is 13.8. The summed E-state index contributed by atoms with van der Waals surface area (Å²) < 4.78 is 6.43. The number of esters is 1. The van der Waals surface area contributed by atoms with Crippen LogP contribution in [0.4, 0.5) is 5.69 Å². The number of carbonyl (C=O) groups is 1. The van der Waals surface area contributed by atoms with Crippen molar-refractivity contribution in [3.8, 4) is 11.1 Å². The van der Waals surface area contributed by atoms with Gasteiger partial charge in [0.15, 0.2) is 0 Å². The molecule has 0 amide bonds. The van der Waals surface area contributed by atoms with E-state index in [9.17, 15) is 4.79 Å². The van der Waals surface area contributed by atoms with Crippen molar-refractivity contribution in [2.75, 3.05) is 12.3 Å². The van der Waals surface area contributed by atoms with Gasteiger partial charge < -0.3 is 10.5 Å². The Kier molecular flexibility index (Phi) is 3.85. The summed E-state index contributed by atoms with van der Waals surface area (Å²) in [5, 5.41) is 4.14. The summed E-state index contributed by atoms with van der Waals surface area (Å²) in [4.78, 5) is 11.4. The number of carbonyl (C=O) groups excluding carboxylic acids is 1. The van der Waals surface area contributed by atoms with Gasteiger partial charge in [-0.05, 0) is 31.0 Å². The van der Waals surface area contributed by atoms with Crippen molar-refractivity contribution < 1.29 is 9.53 Å². The molecule has 0 aliphatic rings. The number of anilines is 1. The predicted molar refractivity (Wildman–Crippen MR) is 73.4 cm³/mol. The summed E-state index contributed by atoms with van der Waals surface area (Å²) in [5.41, 5.74) is 9.59. The first kappa shape index (κ1) is 13.1. The van der Waals surface area contributed by atoms with Crippen molar-refractivity contribution in [1.29, 1.82) is 0 Å². The normalized spacial score (nSPS) is 10.4. The van der Waals surface area contributed by atoms with Gasteiger partial charge in [-0.15, -0.1) is 0 Å². The fraction of sp³-hybridized carbons (Fsp3) is 0.286. The van der Waals surface area contributed by atoms with Crippen LogP contribution in [0.5, 0.6) is 0 Å². The molecule has 100 valence electrons. The molecule has 0 bridgehead atoms. The van der Waals surface area contributed by atoms with E-state index in [0.29, 0.717) is 6.61 Å². The average Bonchev–Trinajstić information content (AvgIpc) is 2.81. The molecule has 5 heteroatoms. The van der Waals surface area contributed by atoms with Gasteiger partial charge in [-0.2, -0.15) is 5.10 Å². The quantitative estimate of drug-likeness (QED) is 0.673. The van der Waals surface area contributed by atoms with Gasteiger partial charge in [-0.1, -0.05) is 12.1 Å². The van der Waals surface area contributed by atoms with Crippen molar-refractivity contribution >= 4 is 11.7 Å². The van der Waals surface area contributed by atoms with Crippen LogP contribution in [0.25, 0.3) is 11.1 Å². The molecular formula is C14H17N3O2. The SMILES string of the molecule is CCOC(=O)Cn1cc(-c2ccc(C)c(N)c2)cn1. The van der Waals surface area contributed by atoms with Crippen LogP contribution in [0, 0.1) is 6.92 Å². The molecular weight excluding hydrogens is 242 g/mol. The summed E-state index contributed by atoms with van der Waals surface area (Å²) in [6, 6.07) is 5.85. The summed E-state index contributed by atoms with van der Waals surface area (Å²) in [7, 11) is 0. The predicted octanol–water partition coefficient (Wildman–Crippen LogP) is 2.00. The Labute approximate surface area is 112 Å². The van der Waals surface area contributed by atoms with Crippen LogP contribution >= 0.6 is 0 Å². The van der Waals surface area contributed by atoms with E-state index in [4.69, 9.17) is 10.5 Å². The lowest BCUT2D eigenvalue weighted by molar-refractivity contribution is -0.144. The van der Waals surface area contributed by atoms with Crippen LogP contribution in [0.2, 0.25) is 0 Å². The van der Waals surface area contributed by atoms with Crippen LogP contribution in [0.1, 0.15) is 12.5 Å². The maximum Gasteiger partial charge on any atom is 0.327 e. The summed E-state index contributed by atoms with van der Waals surface area (Å²) in [6.07, 6.45) is 3.52. The molecule has 2 rings (SSSR count). The molecule has 0 spiro atoms. The Bertz CT molecular complexity index is 590. The summed E-state index contributed by atoms with van der Waals surface area (Å²) >= 11 is 0. The molecule has 5 nitrogen and oxygen atoms in total. The van der Waals surface area contributed by atoms with E-state index >= 15 is 0 Å². The number of rotatable bonds is 4. The van der Waals surface area contributed by atoms with Gasteiger partial charge in [0.25, 0.3) is 0 Å². The van der Waals surface area contributed by atoms with Crippen LogP contribution in [-0.2, 0) is 16.1 Å². The fourth-order valence-electron chi connectivity index (χ4n) is 1.76. The second-order valence-electron chi connectivity index (χ2n) is 4.30. The molecule has 0 unspecified atom stereocenters. The molecule has 0 radical (unpaired) electrons. The number of ether oxygens (including phenoxy) is 1. The second kappa shape index (κ2) is 5.56. The first-order valence-corrected chi connectivity index (χ1v) is 6.14. The smallest absolute Gasteiger partial charge is 0.327 e. The van der Waals surface area contributed by atoms with E-state index in [0.717, 1.165) is 22.4 Å². The van der Waals surface area contributed by atoms with Gasteiger partial charge in [-0.25, -0.2) is 0 Å². The van der Waals surface area contributed by atoms with Crippen molar-refractivity contribution in [3.63, 3.8) is 0 Å². The molecule has 1 aromatic heterocycles. The molecule has 2 aromatic rings. The number of nitrogens with two attached hydrogens (primary N) is 1. The van der Waals surface area contributed by atoms with E-state index in [-0.39, 0.29) is 12.5 Å². The Morgan fingerprint density at radius 3 is 2.89 bits per heavy atom. The fourth-order valence-corrected chi connectivity index (χ4v) is 1.76. The minimum absolute atomic E-state index is 0.120. The number of nitrogens with zero attached hydrogens (tertiary/aromatic N) is 2. The molecule has 0 aliphatic carbocycles. The van der Waals surface area contributed by atoms with Gasteiger partial charge in [0.05, 0.1) is 12.8 Å². The number of nitrogen functional groups attached to an aromatic ring is 1. The average molecular weight is 259 g/mol. The number of benzene rings is 1. The van der Waals surface area contributed by atoms with E-state index in [1.54, 1.807) is 24.0 Å². The maximum atomic E-state index is 11.4. The van der Waals surface area contributed by atoms with E-state index in [1.807, 2.05) is 25.1 Å². The number of hydrogen-bond donors (Lipinski definition) is 1. The van der Waals surface area contributed by atoms with Crippen molar-refractivity contribution in [1.82, 2.24) is 9.78 Å². The minimum atomic E-state index is -0.291. The highest BCUT2D eigenvalue weighted by Crippen LogP contribution is 2.23. The highest BCUT2D eigenvalue weighted by molar-refractivity contribution is 5.70. The Morgan fingerprint density at radius 1 is 1.42 bits per heavy atom. The number of aromatic nitrogens is 2. The molecule has 1 aromatic carbocycles. The van der Waals surface area contributed by atoms with Crippen molar-refractivity contribution in [2.24, 2.45) is 0 Å². The van der Waals surface area contributed by atoms with Crippen LogP contribution in [-0.4, -0.2) is 22.4 Å². The lowest BCUT2D eigenvalue weighted by Crippen LogP contribution is -2.13. The molecule has 0 fully saturated rings. The molecule has 2 N–H and O–H groups in total. The number of hydrogen-bond acceptors (Lipinski definition) is 4. The van der Waals surface area contributed by atoms with Gasteiger partial charge in [0.1, 0.15) is 6.54 Å². The van der Waals surface area contributed by atoms with Gasteiger partial charge in [-0.3, -0.25) is 9.48 Å². The van der Waals surface area contributed by atoms with Crippen LogP contribution in [0.15, 0.2) is 30.6 Å². The molecule has 0 atom stereocenters. The third-order valence-electron chi connectivity index (χ3n) is 2.84. The Balaban J connectivity index is 2.16. The molecule has 0 saturated heterocycles. The van der Waals surface area contributed by atoms with Crippen LogP contribution in [0.3, 0.4) is 0 Å². The molecule has 0 saturated carbocycles. The molecule has 19 heavy (non-hydrogen) atoms.